The monoisotopic (exact) mass is 698 g/mol. The van der Waals surface area contributed by atoms with Gasteiger partial charge in [0, 0.05) is 41.7 Å². The summed E-state index contributed by atoms with van der Waals surface area (Å²) in [7, 11) is 7.60. The zero-order valence-electron chi connectivity index (χ0n) is 33.6. The third-order valence-electron chi connectivity index (χ3n) is 8.03. The van der Waals surface area contributed by atoms with Gasteiger partial charge in [0.2, 0.25) is 30.0 Å². The highest BCUT2D eigenvalue weighted by molar-refractivity contribution is 5.95. The number of aliphatic hydroxyl groups excluding tert-OH is 1. The minimum Gasteiger partial charge on any atom is -0.390 e. The number of aliphatic hydroxyl groups is 1. The van der Waals surface area contributed by atoms with Crippen LogP contribution in [0.3, 0.4) is 0 Å². The average Bonchev–Trinajstić information content (AvgIpc) is 3.05. The molecule has 0 aromatic rings. The van der Waals surface area contributed by atoms with E-state index in [1.807, 2.05) is 53.7 Å². The molecule has 286 valence electrons. The number of allylic oxidation sites excluding steroid dienone is 2. The highest BCUT2D eigenvalue weighted by atomic mass is 16.3. The highest BCUT2D eigenvalue weighted by Gasteiger charge is 2.42. The Hall–Kier alpha value is -3.28. The van der Waals surface area contributed by atoms with Gasteiger partial charge in [0.1, 0.15) is 30.0 Å². The molecular weight excluding hydrogens is 626 g/mol. The van der Waals surface area contributed by atoms with Crippen LogP contribution in [0.4, 0.5) is 0 Å². The SMILES string of the molecule is CC.CC.CCC(NC(=O)C(C(O)C(C)C/C=C/CCC(C)=O)N(C)C(=O)C(C(C)C)N(C)C(=O)C(CC(C)C)N(C)C=O)C(=O)N(C)C. The second-order valence-electron chi connectivity index (χ2n) is 13.1. The lowest BCUT2D eigenvalue weighted by molar-refractivity contribution is -0.155. The maximum Gasteiger partial charge on any atom is 0.246 e. The van der Waals surface area contributed by atoms with E-state index in [1.54, 1.807) is 41.8 Å². The molecule has 0 aliphatic heterocycles. The quantitative estimate of drug-likeness (QED) is 0.144. The van der Waals surface area contributed by atoms with Crippen molar-refractivity contribution in [2.45, 2.75) is 139 Å². The Morgan fingerprint density at radius 1 is 0.776 bits per heavy atom. The zero-order chi connectivity index (χ0) is 39.2. The fraction of sp³-hybridized carbons (Fsp3) is 0.784. The van der Waals surface area contributed by atoms with Gasteiger partial charge in [-0.2, -0.15) is 0 Å². The molecule has 0 rings (SSSR count). The van der Waals surface area contributed by atoms with Crippen LogP contribution in [0.1, 0.15) is 108 Å². The topological polar surface area (TPSA) is 148 Å². The number of rotatable bonds is 20. The van der Waals surface area contributed by atoms with Crippen LogP contribution in [0.15, 0.2) is 12.2 Å². The number of likely N-dealkylation sites (N-methyl/N-ethyl adjacent to an activating group) is 4. The summed E-state index contributed by atoms with van der Waals surface area (Å²) in [5, 5.41) is 14.3. The van der Waals surface area contributed by atoms with Crippen LogP contribution < -0.4 is 5.32 Å². The maximum absolute atomic E-state index is 14.2. The Labute approximate surface area is 298 Å². The number of amides is 5. The molecule has 12 nitrogen and oxygen atoms in total. The minimum absolute atomic E-state index is 0.0684. The molecule has 12 heteroatoms. The van der Waals surface area contributed by atoms with Gasteiger partial charge in [0.15, 0.2) is 0 Å². The van der Waals surface area contributed by atoms with Crippen LogP contribution in [-0.4, -0.2) is 126 Å². The van der Waals surface area contributed by atoms with Gasteiger partial charge in [0.25, 0.3) is 0 Å². The third-order valence-corrected chi connectivity index (χ3v) is 8.03. The van der Waals surface area contributed by atoms with Crippen molar-refractivity contribution in [3.63, 3.8) is 0 Å². The van der Waals surface area contributed by atoms with E-state index in [1.165, 1.54) is 42.8 Å². The molecule has 0 aliphatic rings. The summed E-state index contributed by atoms with van der Waals surface area (Å²) in [6.45, 7) is 20.5. The standard InChI is InChI=1S/C33H59N5O7.2C2H6/c1-13-25(31(43)35(8)9)34-30(42)28(29(41)23(6)17-15-14-16-18-24(7)40)38(12)33(45)27(22(4)5)37(11)32(44)26(19-21(2)3)36(10)20-39;2*1-2/h14-15,20-23,25-29,41H,13,16-19H2,1-12H3,(H,34,42);2*1-2H3/b15-14+;;. The largest absolute Gasteiger partial charge is 0.390 e. The van der Waals surface area contributed by atoms with E-state index in [9.17, 15) is 33.9 Å². The van der Waals surface area contributed by atoms with Crippen molar-refractivity contribution in [3.8, 4) is 0 Å². The number of Topliss-reactive ketones (excluding diaryl/α,β-unsaturated/α-hetero) is 1. The molecule has 6 atom stereocenters. The van der Waals surface area contributed by atoms with Gasteiger partial charge in [-0.05, 0) is 50.4 Å². The molecule has 0 spiro atoms. The van der Waals surface area contributed by atoms with Gasteiger partial charge in [0.05, 0.1) is 6.10 Å². The molecule has 5 amide bonds. The van der Waals surface area contributed by atoms with Crippen LogP contribution in [0.5, 0.6) is 0 Å². The van der Waals surface area contributed by atoms with Crippen LogP contribution in [-0.2, 0) is 28.8 Å². The number of carbonyl (C=O) groups is 6. The van der Waals surface area contributed by atoms with Crippen molar-refractivity contribution in [3.05, 3.63) is 12.2 Å². The fourth-order valence-corrected chi connectivity index (χ4v) is 5.21. The summed E-state index contributed by atoms with van der Waals surface area (Å²) >= 11 is 0. The van der Waals surface area contributed by atoms with Crippen LogP contribution in [0.2, 0.25) is 0 Å². The molecule has 0 aromatic carbocycles. The van der Waals surface area contributed by atoms with Gasteiger partial charge in [-0.25, -0.2) is 0 Å². The van der Waals surface area contributed by atoms with Crippen LogP contribution >= 0.6 is 0 Å². The third kappa shape index (κ3) is 17.3. The smallest absolute Gasteiger partial charge is 0.246 e. The first kappa shape index (κ1) is 50.1. The maximum atomic E-state index is 14.2. The second kappa shape index (κ2) is 26.6. The number of nitrogens with zero attached hydrogens (tertiary/aromatic N) is 4. The van der Waals surface area contributed by atoms with Gasteiger partial charge < -0.3 is 34.8 Å². The Morgan fingerprint density at radius 2 is 1.29 bits per heavy atom. The normalized spacial score (nSPS) is 14.5. The van der Waals surface area contributed by atoms with Gasteiger partial charge in [-0.3, -0.25) is 24.0 Å². The number of hydrogen-bond acceptors (Lipinski definition) is 7. The Kier molecular flexibility index (Phi) is 27.2. The van der Waals surface area contributed by atoms with Gasteiger partial charge in [-0.15, -0.1) is 0 Å². The predicted octanol–water partition coefficient (Wildman–Crippen LogP) is 4.15. The lowest BCUT2D eigenvalue weighted by atomic mass is 9.91. The molecule has 6 unspecified atom stereocenters. The van der Waals surface area contributed by atoms with Gasteiger partial charge in [-0.1, -0.05) is 81.4 Å². The zero-order valence-corrected chi connectivity index (χ0v) is 33.6. The Morgan fingerprint density at radius 3 is 1.69 bits per heavy atom. The lowest BCUT2D eigenvalue weighted by Crippen LogP contribution is -2.62. The van der Waals surface area contributed by atoms with Crippen molar-refractivity contribution in [2.24, 2.45) is 17.8 Å². The molecule has 2 N–H and O–H groups in total. The summed E-state index contributed by atoms with van der Waals surface area (Å²) in [4.78, 5) is 82.4. The number of ketones is 1. The van der Waals surface area contributed by atoms with Crippen molar-refractivity contribution in [2.75, 3.05) is 35.2 Å². The molecule has 0 saturated heterocycles. The fourth-order valence-electron chi connectivity index (χ4n) is 5.21. The summed E-state index contributed by atoms with van der Waals surface area (Å²) < 4.78 is 0. The van der Waals surface area contributed by atoms with Crippen molar-refractivity contribution in [1.82, 2.24) is 24.9 Å². The van der Waals surface area contributed by atoms with E-state index >= 15 is 0 Å². The highest BCUT2D eigenvalue weighted by Crippen LogP contribution is 2.22. The van der Waals surface area contributed by atoms with E-state index in [4.69, 9.17) is 0 Å². The average molecular weight is 698 g/mol. The number of carbonyl (C=O) groups excluding carboxylic acids is 6. The molecular formula is C37H71N5O7. The molecule has 49 heavy (non-hydrogen) atoms. The number of nitrogens with one attached hydrogen (secondary N) is 1. The first-order valence-corrected chi connectivity index (χ1v) is 17.9. The molecule has 0 fully saturated rings. The summed E-state index contributed by atoms with van der Waals surface area (Å²) in [5.41, 5.74) is 0. The van der Waals surface area contributed by atoms with Crippen LogP contribution in [0.25, 0.3) is 0 Å². The number of hydrogen-bond donors (Lipinski definition) is 2. The summed E-state index contributed by atoms with van der Waals surface area (Å²) in [6.07, 6.45) is 4.96. The Balaban J connectivity index is -0.00000508. The van der Waals surface area contributed by atoms with Crippen molar-refractivity contribution >= 4 is 35.8 Å². The summed E-state index contributed by atoms with van der Waals surface area (Å²) in [6, 6.07) is -4.04. The first-order chi connectivity index (χ1) is 22.8. The van der Waals surface area contributed by atoms with E-state index in [2.05, 4.69) is 5.32 Å². The van der Waals surface area contributed by atoms with E-state index < -0.39 is 53.9 Å². The lowest BCUT2D eigenvalue weighted by Gasteiger charge is -2.40. The van der Waals surface area contributed by atoms with E-state index in [0.29, 0.717) is 38.5 Å². The van der Waals surface area contributed by atoms with Crippen molar-refractivity contribution < 1.29 is 33.9 Å². The first-order valence-electron chi connectivity index (χ1n) is 17.9. The summed E-state index contributed by atoms with van der Waals surface area (Å²) in [5.74, 6) is -2.68. The van der Waals surface area contributed by atoms with Crippen LogP contribution in [0, 0.1) is 17.8 Å². The van der Waals surface area contributed by atoms with E-state index in [0.717, 1.165) is 4.90 Å². The molecule has 0 heterocycles. The van der Waals surface area contributed by atoms with E-state index in [-0.39, 0.29) is 23.5 Å². The van der Waals surface area contributed by atoms with Gasteiger partial charge >= 0.3 is 0 Å². The second-order valence-corrected chi connectivity index (χ2v) is 13.1. The molecule has 0 saturated carbocycles. The van der Waals surface area contributed by atoms with Crippen molar-refractivity contribution in [1.29, 1.82) is 0 Å². The molecule has 0 bridgehead atoms. The predicted molar refractivity (Wildman–Crippen MR) is 197 cm³/mol. The minimum atomic E-state index is -1.38. The Bertz CT molecular complexity index is 1030. The molecule has 0 radical (unpaired) electrons. The molecule has 0 aliphatic carbocycles. The molecule has 0 aromatic heterocycles.